The number of benzene rings is 3. The maximum absolute atomic E-state index is 12.2. The van der Waals surface area contributed by atoms with Gasteiger partial charge < -0.3 is 15.4 Å². The van der Waals surface area contributed by atoms with Gasteiger partial charge in [-0.05, 0) is 52.2 Å². The highest BCUT2D eigenvalue weighted by atomic mass is 16.5. The first-order chi connectivity index (χ1) is 13.0. The van der Waals surface area contributed by atoms with E-state index in [0.29, 0.717) is 13.0 Å². The van der Waals surface area contributed by atoms with Gasteiger partial charge in [0.25, 0.3) is 0 Å². The van der Waals surface area contributed by atoms with Gasteiger partial charge in [0.15, 0.2) is 0 Å². The highest BCUT2D eigenvalue weighted by molar-refractivity contribution is 5.88. The minimum atomic E-state index is -0.116. The highest BCUT2D eigenvalue weighted by Crippen LogP contribution is 2.21. The van der Waals surface area contributed by atoms with Gasteiger partial charge in [0.2, 0.25) is 11.8 Å². The summed E-state index contributed by atoms with van der Waals surface area (Å²) < 4.78 is 5.24. The van der Waals surface area contributed by atoms with Crippen LogP contribution in [0.5, 0.6) is 5.75 Å². The molecule has 27 heavy (non-hydrogen) atoms. The van der Waals surface area contributed by atoms with Gasteiger partial charge in [0.05, 0.1) is 13.5 Å². The molecule has 2 amide bonds. The molecule has 0 spiro atoms. The van der Waals surface area contributed by atoms with Crippen molar-refractivity contribution < 1.29 is 14.3 Å². The van der Waals surface area contributed by atoms with Crippen molar-refractivity contribution in [2.24, 2.45) is 0 Å². The van der Waals surface area contributed by atoms with E-state index in [1.807, 2.05) is 42.5 Å². The fraction of sp³-hybridized carbons (Fsp3) is 0.182. The number of amides is 2. The van der Waals surface area contributed by atoms with Crippen LogP contribution in [0.4, 0.5) is 5.69 Å². The largest absolute Gasteiger partial charge is 0.497 e. The van der Waals surface area contributed by atoms with Crippen LogP contribution in [0, 0.1) is 0 Å². The molecule has 0 aliphatic rings. The third-order valence-corrected chi connectivity index (χ3v) is 4.24. The van der Waals surface area contributed by atoms with Crippen molar-refractivity contribution in [1.29, 1.82) is 0 Å². The Balaban J connectivity index is 1.57. The molecular weight excluding hydrogens is 340 g/mol. The number of carbonyl (C=O) groups excluding carboxylic acids is 2. The summed E-state index contributed by atoms with van der Waals surface area (Å²) in [6, 6.07) is 19.3. The molecule has 0 saturated heterocycles. The van der Waals surface area contributed by atoms with Crippen LogP contribution in [0.15, 0.2) is 60.7 Å². The molecule has 0 radical (unpaired) electrons. The fourth-order valence-corrected chi connectivity index (χ4v) is 2.87. The molecule has 5 heteroatoms. The number of rotatable bonds is 6. The van der Waals surface area contributed by atoms with Crippen LogP contribution in [0.25, 0.3) is 10.8 Å². The lowest BCUT2D eigenvalue weighted by Crippen LogP contribution is -2.24. The van der Waals surface area contributed by atoms with E-state index in [0.717, 1.165) is 33.3 Å². The maximum atomic E-state index is 12.2. The Kier molecular flexibility index (Phi) is 5.71. The topological polar surface area (TPSA) is 67.4 Å². The Bertz CT molecular complexity index is 965. The number of hydrogen-bond acceptors (Lipinski definition) is 3. The normalized spacial score (nSPS) is 10.4. The number of carbonyl (C=O) groups is 2. The molecule has 0 saturated carbocycles. The Morgan fingerprint density at radius 1 is 0.889 bits per heavy atom. The quantitative estimate of drug-likeness (QED) is 0.703. The lowest BCUT2D eigenvalue weighted by atomic mass is 10.1. The second-order valence-corrected chi connectivity index (χ2v) is 6.38. The molecule has 2 N–H and O–H groups in total. The van der Waals surface area contributed by atoms with Crippen molar-refractivity contribution in [2.45, 2.75) is 19.9 Å². The first-order valence-corrected chi connectivity index (χ1v) is 8.73. The van der Waals surface area contributed by atoms with E-state index in [1.165, 1.54) is 6.92 Å². The smallest absolute Gasteiger partial charge is 0.224 e. The Morgan fingerprint density at radius 3 is 2.26 bits per heavy atom. The molecule has 0 bridgehead atoms. The van der Waals surface area contributed by atoms with Gasteiger partial charge in [-0.2, -0.15) is 0 Å². The van der Waals surface area contributed by atoms with E-state index in [4.69, 9.17) is 4.74 Å². The van der Waals surface area contributed by atoms with E-state index in [9.17, 15) is 9.59 Å². The number of ether oxygens (including phenoxy) is 1. The van der Waals surface area contributed by atoms with Crippen LogP contribution in [0.2, 0.25) is 0 Å². The number of methoxy groups -OCH3 is 1. The Morgan fingerprint density at radius 2 is 1.56 bits per heavy atom. The highest BCUT2D eigenvalue weighted by Gasteiger charge is 2.05. The number of hydrogen-bond donors (Lipinski definition) is 2. The molecule has 0 aliphatic carbocycles. The predicted molar refractivity (Wildman–Crippen MR) is 107 cm³/mol. The molecule has 0 heterocycles. The van der Waals surface area contributed by atoms with Crippen LogP contribution < -0.4 is 15.4 Å². The first-order valence-electron chi connectivity index (χ1n) is 8.73. The minimum absolute atomic E-state index is 0.0443. The number of fused-ring (bicyclic) bond motifs is 1. The zero-order valence-electron chi connectivity index (χ0n) is 15.4. The summed E-state index contributed by atoms with van der Waals surface area (Å²) in [5.74, 6) is 0.666. The number of anilines is 1. The molecular formula is C22H22N2O3. The van der Waals surface area contributed by atoms with Crippen molar-refractivity contribution in [3.63, 3.8) is 0 Å². The van der Waals surface area contributed by atoms with Gasteiger partial charge in [0, 0.05) is 19.2 Å². The van der Waals surface area contributed by atoms with Crippen molar-refractivity contribution in [1.82, 2.24) is 5.32 Å². The van der Waals surface area contributed by atoms with Gasteiger partial charge in [0.1, 0.15) is 5.75 Å². The van der Waals surface area contributed by atoms with E-state index < -0.39 is 0 Å². The third-order valence-electron chi connectivity index (χ3n) is 4.24. The molecule has 0 aromatic heterocycles. The van der Waals surface area contributed by atoms with E-state index in [-0.39, 0.29) is 11.8 Å². The van der Waals surface area contributed by atoms with Crippen molar-refractivity contribution in [3.05, 3.63) is 71.8 Å². The molecule has 138 valence electrons. The second kappa shape index (κ2) is 8.36. The fourth-order valence-electron chi connectivity index (χ4n) is 2.87. The lowest BCUT2D eigenvalue weighted by Gasteiger charge is -2.08. The van der Waals surface area contributed by atoms with Crippen LogP contribution in [0.3, 0.4) is 0 Å². The van der Waals surface area contributed by atoms with Crippen molar-refractivity contribution >= 4 is 28.3 Å². The third kappa shape index (κ3) is 5.07. The van der Waals surface area contributed by atoms with Gasteiger partial charge >= 0.3 is 0 Å². The molecule has 0 atom stereocenters. The van der Waals surface area contributed by atoms with Crippen molar-refractivity contribution in [2.75, 3.05) is 12.4 Å². The number of nitrogens with one attached hydrogen (secondary N) is 2. The summed E-state index contributed by atoms with van der Waals surface area (Å²) in [5.41, 5.74) is 2.66. The summed E-state index contributed by atoms with van der Waals surface area (Å²) in [6.07, 6.45) is 0.297. The van der Waals surface area contributed by atoms with E-state index in [2.05, 4.69) is 16.7 Å². The zero-order chi connectivity index (χ0) is 19.2. The molecule has 0 fully saturated rings. The molecule has 0 unspecified atom stereocenters. The SMILES string of the molecule is COc1ccc2cc(CNC(=O)Cc3ccc(NC(C)=O)cc3)ccc2c1. The van der Waals surface area contributed by atoms with Crippen LogP contribution >= 0.6 is 0 Å². The molecule has 3 rings (SSSR count). The lowest BCUT2D eigenvalue weighted by molar-refractivity contribution is -0.120. The summed E-state index contributed by atoms with van der Waals surface area (Å²) >= 11 is 0. The summed E-state index contributed by atoms with van der Waals surface area (Å²) in [6.45, 7) is 1.94. The summed E-state index contributed by atoms with van der Waals surface area (Å²) in [5, 5.41) is 7.86. The maximum Gasteiger partial charge on any atom is 0.224 e. The predicted octanol–water partition coefficient (Wildman–Crippen LogP) is 3.67. The van der Waals surface area contributed by atoms with Gasteiger partial charge in [-0.15, -0.1) is 0 Å². The molecule has 0 aliphatic heterocycles. The first kappa shape index (κ1) is 18.5. The minimum Gasteiger partial charge on any atom is -0.497 e. The summed E-state index contributed by atoms with van der Waals surface area (Å²) in [7, 11) is 1.65. The Labute approximate surface area is 158 Å². The zero-order valence-corrected chi connectivity index (χ0v) is 15.4. The molecule has 3 aromatic carbocycles. The van der Waals surface area contributed by atoms with Gasteiger partial charge in [-0.25, -0.2) is 0 Å². The summed E-state index contributed by atoms with van der Waals surface area (Å²) in [4.78, 5) is 23.2. The Hall–Kier alpha value is -3.34. The van der Waals surface area contributed by atoms with Crippen LogP contribution in [-0.4, -0.2) is 18.9 Å². The van der Waals surface area contributed by atoms with Gasteiger partial charge in [-0.1, -0.05) is 30.3 Å². The molecule has 3 aromatic rings. The monoisotopic (exact) mass is 362 g/mol. The van der Waals surface area contributed by atoms with Crippen molar-refractivity contribution in [3.8, 4) is 5.75 Å². The molecule has 5 nitrogen and oxygen atoms in total. The van der Waals surface area contributed by atoms with Crippen LogP contribution in [0.1, 0.15) is 18.1 Å². The average Bonchev–Trinajstić information content (AvgIpc) is 2.67. The van der Waals surface area contributed by atoms with Crippen LogP contribution in [-0.2, 0) is 22.6 Å². The van der Waals surface area contributed by atoms with Gasteiger partial charge in [-0.3, -0.25) is 9.59 Å². The second-order valence-electron chi connectivity index (χ2n) is 6.38. The van der Waals surface area contributed by atoms with E-state index in [1.54, 1.807) is 19.2 Å². The van der Waals surface area contributed by atoms with E-state index >= 15 is 0 Å². The standard InChI is InChI=1S/C22H22N2O3/c1-15(25)24-20-8-4-16(5-9-20)12-22(26)23-14-17-3-6-19-13-21(27-2)10-7-18(19)11-17/h3-11,13H,12,14H2,1-2H3,(H,23,26)(H,24,25). The average molecular weight is 362 g/mol.